The molecule has 2 rings (SSSR count). The molecular formula is C13H12BrNO2. The van der Waals surface area contributed by atoms with Crippen molar-refractivity contribution in [2.24, 2.45) is 7.05 Å². The molecule has 1 heterocycles. The number of ether oxygens (including phenoxy) is 1. The molecule has 0 amide bonds. The lowest BCUT2D eigenvalue weighted by Crippen LogP contribution is -2.09. The number of rotatable bonds is 3. The molecule has 4 heteroatoms. The topological polar surface area (TPSA) is 31.2 Å². The average Bonchev–Trinajstić information content (AvgIpc) is 2.67. The van der Waals surface area contributed by atoms with Gasteiger partial charge in [0.15, 0.2) is 0 Å². The summed E-state index contributed by atoms with van der Waals surface area (Å²) in [5, 5.41) is 0. The van der Waals surface area contributed by atoms with E-state index in [0.29, 0.717) is 12.3 Å². The van der Waals surface area contributed by atoms with Crippen LogP contribution in [-0.2, 0) is 18.4 Å². The van der Waals surface area contributed by atoms with E-state index in [1.165, 1.54) is 0 Å². The Labute approximate surface area is 108 Å². The lowest BCUT2D eigenvalue weighted by Gasteiger charge is -2.05. The van der Waals surface area contributed by atoms with Gasteiger partial charge >= 0.3 is 5.97 Å². The molecule has 0 spiro atoms. The summed E-state index contributed by atoms with van der Waals surface area (Å²) in [5.41, 5.74) is 1.52. The standard InChI is InChI=1S/C13H12BrNO2/c1-15-8-11(14)7-12(15)13(16)17-9-10-5-3-2-4-6-10/h2-8H,9H2,1H3. The van der Waals surface area contributed by atoms with Gasteiger partial charge in [0, 0.05) is 17.7 Å². The van der Waals surface area contributed by atoms with E-state index in [4.69, 9.17) is 4.74 Å². The van der Waals surface area contributed by atoms with Crippen LogP contribution in [0.3, 0.4) is 0 Å². The summed E-state index contributed by atoms with van der Waals surface area (Å²) in [5.74, 6) is -0.318. The van der Waals surface area contributed by atoms with Crippen molar-refractivity contribution in [1.82, 2.24) is 4.57 Å². The summed E-state index contributed by atoms with van der Waals surface area (Å²) >= 11 is 3.32. The normalized spacial score (nSPS) is 10.2. The van der Waals surface area contributed by atoms with Crippen molar-refractivity contribution in [1.29, 1.82) is 0 Å². The van der Waals surface area contributed by atoms with Crippen LogP contribution in [0, 0.1) is 0 Å². The summed E-state index contributed by atoms with van der Waals surface area (Å²) in [7, 11) is 1.81. The molecule has 1 aromatic carbocycles. The van der Waals surface area contributed by atoms with E-state index >= 15 is 0 Å². The largest absolute Gasteiger partial charge is 0.456 e. The third kappa shape index (κ3) is 2.97. The first-order chi connectivity index (χ1) is 8.16. The Kier molecular flexibility index (Phi) is 3.64. The minimum atomic E-state index is -0.318. The first-order valence-electron chi connectivity index (χ1n) is 5.20. The predicted molar refractivity (Wildman–Crippen MR) is 68.7 cm³/mol. The van der Waals surface area contributed by atoms with Gasteiger partial charge in [-0.3, -0.25) is 0 Å². The number of halogens is 1. The summed E-state index contributed by atoms with van der Waals surface area (Å²) in [6, 6.07) is 11.4. The van der Waals surface area contributed by atoms with Gasteiger partial charge in [-0.1, -0.05) is 30.3 Å². The van der Waals surface area contributed by atoms with Crippen LogP contribution in [0.5, 0.6) is 0 Å². The highest BCUT2D eigenvalue weighted by Gasteiger charge is 2.12. The van der Waals surface area contributed by atoms with Crippen LogP contribution in [0.25, 0.3) is 0 Å². The lowest BCUT2D eigenvalue weighted by atomic mass is 10.2. The molecule has 0 N–H and O–H groups in total. The molecule has 0 bridgehead atoms. The highest BCUT2D eigenvalue weighted by molar-refractivity contribution is 9.10. The van der Waals surface area contributed by atoms with Gasteiger partial charge in [-0.15, -0.1) is 0 Å². The SMILES string of the molecule is Cn1cc(Br)cc1C(=O)OCc1ccccc1. The summed E-state index contributed by atoms with van der Waals surface area (Å²) in [4.78, 5) is 11.8. The third-order valence-corrected chi connectivity index (χ3v) is 2.83. The van der Waals surface area contributed by atoms with Gasteiger partial charge in [0.05, 0.1) is 0 Å². The second kappa shape index (κ2) is 5.19. The van der Waals surface area contributed by atoms with Gasteiger partial charge in [-0.2, -0.15) is 0 Å². The van der Waals surface area contributed by atoms with Crippen LogP contribution < -0.4 is 0 Å². The number of benzene rings is 1. The number of nitrogens with zero attached hydrogens (tertiary/aromatic N) is 1. The first kappa shape index (κ1) is 11.9. The molecule has 0 aliphatic heterocycles. The van der Waals surface area contributed by atoms with E-state index in [2.05, 4.69) is 15.9 Å². The Morgan fingerprint density at radius 3 is 2.65 bits per heavy atom. The van der Waals surface area contributed by atoms with Crippen molar-refractivity contribution < 1.29 is 9.53 Å². The Bertz CT molecular complexity index is 519. The zero-order valence-corrected chi connectivity index (χ0v) is 11.0. The fourth-order valence-corrected chi connectivity index (χ4v) is 2.05. The monoisotopic (exact) mass is 293 g/mol. The number of carbonyl (C=O) groups excluding carboxylic acids is 1. The van der Waals surface area contributed by atoms with Gasteiger partial charge in [0.1, 0.15) is 12.3 Å². The van der Waals surface area contributed by atoms with Gasteiger partial charge < -0.3 is 9.30 Å². The summed E-state index contributed by atoms with van der Waals surface area (Å²) in [6.45, 7) is 0.294. The van der Waals surface area contributed by atoms with E-state index in [1.807, 2.05) is 43.6 Å². The van der Waals surface area contributed by atoms with Crippen molar-refractivity contribution in [3.63, 3.8) is 0 Å². The lowest BCUT2D eigenvalue weighted by molar-refractivity contribution is 0.0461. The van der Waals surface area contributed by atoms with E-state index < -0.39 is 0 Å². The third-order valence-electron chi connectivity index (χ3n) is 2.39. The summed E-state index contributed by atoms with van der Waals surface area (Å²) in [6.07, 6.45) is 1.82. The molecule has 3 nitrogen and oxygen atoms in total. The zero-order valence-electron chi connectivity index (χ0n) is 9.39. The number of esters is 1. The molecule has 0 atom stereocenters. The molecule has 0 unspecified atom stereocenters. The second-order valence-corrected chi connectivity index (χ2v) is 4.63. The van der Waals surface area contributed by atoms with Gasteiger partial charge in [0.2, 0.25) is 0 Å². The molecule has 88 valence electrons. The molecule has 0 fully saturated rings. The number of aryl methyl sites for hydroxylation is 1. The Morgan fingerprint density at radius 2 is 2.06 bits per heavy atom. The van der Waals surface area contributed by atoms with Crippen LogP contribution in [0.1, 0.15) is 16.1 Å². The molecule has 0 aliphatic rings. The van der Waals surface area contributed by atoms with Crippen LogP contribution in [0.2, 0.25) is 0 Å². The van der Waals surface area contributed by atoms with Gasteiger partial charge in [0.25, 0.3) is 0 Å². The minimum absolute atomic E-state index is 0.294. The molecule has 0 saturated heterocycles. The van der Waals surface area contributed by atoms with Crippen LogP contribution in [0.15, 0.2) is 47.1 Å². The van der Waals surface area contributed by atoms with Crippen LogP contribution in [-0.4, -0.2) is 10.5 Å². The molecule has 2 aromatic rings. The zero-order chi connectivity index (χ0) is 12.3. The van der Waals surface area contributed by atoms with E-state index in [0.717, 1.165) is 10.0 Å². The second-order valence-electron chi connectivity index (χ2n) is 3.72. The molecule has 17 heavy (non-hydrogen) atoms. The van der Waals surface area contributed by atoms with Crippen molar-refractivity contribution in [2.75, 3.05) is 0 Å². The smallest absolute Gasteiger partial charge is 0.355 e. The van der Waals surface area contributed by atoms with Crippen molar-refractivity contribution >= 4 is 21.9 Å². The maximum atomic E-state index is 11.8. The van der Waals surface area contributed by atoms with Crippen molar-refractivity contribution in [3.05, 3.63) is 58.3 Å². The van der Waals surface area contributed by atoms with E-state index in [9.17, 15) is 4.79 Å². The van der Waals surface area contributed by atoms with E-state index in [-0.39, 0.29) is 5.97 Å². The number of hydrogen-bond donors (Lipinski definition) is 0. The van der Waals surface area contributed by atoms with Crippen LogP contribution in [0.4, 0.5) is 0 Å². The average molecular weight is 294 g/mol. The Morgan fingerprint density at radius 1 is 1.35 bits per heavy atom. The van der Waals surface area contributed by atoms with E-state index in [1.54, 1.807) is 10.6 Å². The van der Waals surface area contributed by atoms with Gasteiger partial charge in [-0.25, -0.2) is 4.79 Å². The highest BCUT2D eigenvalue weighted by atomic mass is 79.9. The van der Waals surface area contributed by atoms with Crippen LogP contribution >= 0.6 is 15.9 Å². The van der Waals surface area contributed by atoms with Crippen molar-refractivity contribution in [2.45, 2.75) is 6.61 Å². The molecule has 0 aliphatic carbocycles. The molecule has 0 saturated carbocycles. The maximum absolute atomic E-state index is 11.8. The number of carbonyl (C=O) groups is 1. The molecule has 1 aromatic heterocycles. The fourth-order valence-electron chi connectivity index (χ4n) is 1.52. The number of hydrogen-bond acceptors (Lipinski definition) is 2. The number of aromatic nitrogens is 1. The molecular weight excluding hydrogens is 282 g/mol. The van der Waals surface area contributed by atoms with Crippen molar-refractivity contribution in [3.8, 4) is 0 Å². The fraction of sp³-hybridized carbons (Fsp3) is 0.154. The minimum Gasteiger partial charge on any atom is -0.456 e. The predicted octanol–water partition coefficient (Wildman–Crippen LogP) is 3.14. The maximum Gasteiger partial charge on any atom is 0.355 e. The Balaban J connectivity index is 2.01. The first-order valence-corrected chi connectivity index (χ1v) is 5.99. The highest BCUT2D eigenvalue weighted by Crippen LogP contribution is 2.15. The Hall–Kier alpha value is -1.55. The quantitative estimate of drug-likeness (QED) is 0.814. The van der Waals surface area contributed by atoms with Gasteiger partial charge in [-0.05, 0) is 27.6 Å². The summed E-state index contributed by atoms with van der Waals surface area (Å²) < 4.78 is 7.83. The molecule has 0 radical (unpaired) electrons.